The van der Waals surface area contributed by atoms with Gasteiger partial charge in [0.2, 0.25) is 0 Å². The number of carbonyl (C=O) groups is 2. The van der Waals surface area contributed by atoms with Gasteiger partial charge in [0.25, 0.3) is 5.91 Å². The van der Waals surface area contributed by atoms with Crippen LogP contribution in [0, 0.1) is 11.8 Å². The van der Waals surface area contributed by atoms with Gasteiger partial charge in [-0.05, 0) is 36.6 Å². The maximum absolute atomic E-state index is 12.9. The summed E-state index contributed by atoms with van der Waals surface area (Å²) in [6.45, 7) is 2.75. The van der Waals surface area contributed by atoms with Crippen LogP contribution < -0.4 is 0 Å². The molecule has 1 aromatic heterocycles. The van der Waals surface area contributed by atoms with Gasteiger partial charge in [0, 0.05) is 24.7 Å². The second-order valence-electron chi connectivity index (χ2n) is 6.08. The number of rotatable bonds is 2. The Kier molecular flexibility index (Phi) is 4.22. The summed E-state index contributed by atoms with van der Waals surface area (Å²) in [7, 11) is 0. The van der Waals surface area contributed by atoms with Crippen molar-refractivity contribution in [3.05, 3.63) is 41.0 Å². The maximum Gasteiger partial charge on any atom is 0.308 e. The average molecular weight is 333 g/mol. The molecule has 23 heavy (non-hydrogen) atoms. The third-order valence-electron chi connectivity index (χ3n) is 4.24. The summed E-state index contributed by atoms with van der Waals surface area (Å²) in [5.41, 5.74) is 1.01. The van der Waals surface area contributed by atoms with Gasteiger partial charge >= 0.3 is 5.97 Å². The number of piperidine rings is 1. The Bertz CT molecular complexity index is 778. The zero-order valence-corrected chi connectivity index (χ0v) is 13.5. The van der Waals surface area contributed by atoms with Gasteiger partial charge in [-0.1, -0.05) is 18.5 Å². The number of fused-ring (bicyclic) bond motifs is 1. The molecule has 6 heteroatoms. The van der Waals surface area contributed by atoms with Gasteiger partial charge in [-0.25, -0.2) is 0 Å². The third-order valence-corrected chi connectivity index (χ3v) is 4.57. The number of likely N-dealkylation sites (tertiary alicyclic amines) is 1. The van der Waals surface area contributed by atoms with Crippen molar-refractivity contribution in [1.82, 2.24) is 9.88 Å². The number of hydrogen-bond donors (Lipinski definition) is 1. The molecule has 1 N–H and O–H groups in total. The van der Waals surface area contributed by atoms with E-state index in [4.69, 9.17) is 11.6 Å². The first-order valence-corrected chi connectivity index (χ1v) is 7.90. The van der Waals surface area contributed by atoms with Crippen LogP contribution in [0.1, 0.15) is 23.7 Å². The molecule has 0 saturated carbocycles. The van der Waals surface area contributed by atoms with Gasteiger partial charge in [-0.2, -0.15) is 0 Å². The van der Waals surface area contributed by atoms with Crippen molar-refractivity contribution in [1.29, 1.82) is 0 Å². The Morgan fingerprint density at radius 2 is 2.09 bits per heavy atom. The van der Waals surface area contributed by atoms with E-state index in [9.17, 15) is 14.7 Å². The van der Waals surface area contributed by atoms with E-state index in [1.807, 2.05) is 13.0 Å². The molecule has 0 spiro atoms. The summed E-state index contributed by atoms with van der Waals surface area (Å²) < 4.78 is 0. The molecule has 2 heterocycles. The smallest absolute Gasteiger partial charge is 0.308 e. The highest BCUT2D eigenvalue weighted by Gasteiger charge is 2.32. The molecular formula is C17H17ClN2O3. The molecule has 1 aliphatic rings. The first-order chi connectivity index (χ1) is 11.0. The van der Waals surface area contributed by atoms with E-state index in [0.717, 1.165) is 5.39 Å². The molecule has 1 saturated heterocycles. The quantitative estimate of drug-likeness (QED) is 0.917. The van der Waals surface area contributed by atoms with E-state index < -0.39 is 11.9 Å². The highest BCUT2D eigenvalue weighted by Crippen LogP contribution is 2.28. The van der Waals surface area contributed by atoms with Crippen molar-refractivity contribution in [2.24, 2.45) is 11.8 Å². The standard InChI is InChI=1S/C17H17ClN2O3/c1-10-7-11(17(22)23)9-20(8-10)16(21)13-4-5-14(18)12-3-2-6-19-15(12)13/h2-6,10-11H,7-9H2,1H3,(H,22,23). The molecule has 5 nitrogen and oxygen atoms in total. The number of carboxylic acid groups (broad SMARTS) is 1. The molecule has 2 aromatic rings. The van der Waals surface area contributed by atoms with E-state index in [1.165, 1.54) is 0 Å². The first kappa shape index (κ1) is 15.7. The number of aromatic nitrogens is 1. The molecule has 2 unspecified atom stereocenters. The zero-order valence-electron chi connectivity index (χ0n) is 12.7. The van der Waals surface area contributed by atoms with Crippen LogP contribution >= 0.6 is 11.6 Å². The number of carboxylic acids is 1. The summed E-state index contributed by atoms with van der Waals surface area (Å²) in [5, 5.41) is 10.5. The Morgan fingerprint density at radius 1 is 1.30 bits per heavy atom. The third kappa shape index (κ3) is 3.01. The van der Waals surface area contributed by atoms with E-state index in [1.54, 1.807) is 29.3 Å². The molecule has 1 aliphatic heterocycles. The van der Waals surface area contributed by atoms with Gasteiger partial charge in [0.15, 0.2) is 0 Å². The van der Waals surface area contributed by atoms with Gasteiger partial charge in [0.05, 0.1) is 22.0 Å². The largest absolute Gasteiger partial charge is 0.481 e. The predicted molar refractivity (Wildman–Crippen MR) is 87.6 cm³/mol. The van der Waals surface area contributed by atoms with Crippen molar-refractivity contribution < 1.29 is 14.7 Å². The molecule has 0 bridgehead atoms. The number of amides is 1. The monoisotopic (exact) mass is 332 g/mol. The SMILES string of the molecule is CC1CC(C(=O)O)CN(C(=O)c2ccc(Cl)c3cccnc23)C1. The molecule has 1 aromatic carbocycles. The number of halogens is 1. The van der Waals surface area contributed by atoms with Crippen molar-refractivity contribution in [3.8, 4) is 0 Å². The Hall–Kier alpha value is -2.14. The fourth-order valence-corrected chi connectivity index (χ4v) is 3.39. The lowest BCUT2D eigenvalue weighted by atomic mass is 9.90. The summed E-state index contributed by atoms with van der Waals surface area (Å²) in [6.07, 6.45) is 2.22. The minimum absolute atomic E-state index is 0.153. The van der Waals surface area contributed by atoms with E-state index >= 15 is 0 Å². The Balaban J connectivity index is 1.97. The van der Waals surface area contributed by atoms with E-state index in [2.05, 4.69) is 4.98 Å². The van der Waals surface area contributed by atoms with Crippen LogP contribution in [0.15, 0.2) is 30.5 Å². The molecule has 0 radical (unpaired) electrons. The van der Waals surface area contributed by atoms with Gasteiger partial charge in [0.1, 0.15) is 0 Å². The fraction of sp³-hybridized carbons (Fsp3) is 0.353. The van der Waals surface area contributed by atoms with Crippen LogP contribution in [0.2, 0.25) is 5.02 Å². The molecule has 120 valence electrons. The number of pyridine rings is 1. The molecule has 0 aliphatic carbocycles. The summed E-state index contributed by atoms with van der Waals surface area (Å²) in [4.78, 5) is 30.1. The van der Waals surface area contributed by atoms with Crippen molar-refractivity contribution in [3.63, 3.8) is 0 Å². The molecule has 1 amide bonds. The lowest BCUT2D eigenvalue weighted by molar-refractivity contribution is -0.143. The minimum Gasteiger partial charge on any atom is -0.481 e. The normalized spacial score (nSPS) is 21.4. The fourth-order valence-electron chi connectivity index (χ4n) is 3.18. The lowest BCUT2D eigenvalue weighted by Crippen LogP contribution is -2.45. The van der Waals surface area contributed by atoms with Crippen LogP contribution in [0.3, 0.4) is 0 Å². The number of carbonyl (C=O) groups excluding carboxylic acids is 1. The number of benzene rings is 1. The van der Waals surface area contributed by atoms with Crippen molar-refractivity contribution in [2.45, 2.75) is 13.3 Å². The van der Waals surface area contributed by atoms with E-state index in [-0.39, 0.29) is 18.4 Å². The molecule has 2 atom stereocenters. The average Bonchev–Trinajstić information content (AvgIpc) is 2.54. The Labute approximate surface area is 138 Å². The molecule has 1 fully saturated rings. The highest BCUT2D eigenvalue weighted by molar-refractivity contribution is 6.36. The lowest BCUT2D eigenvalue weighted by Gasteiger charge is -2.34. The van der Waals surface area contributed by atoms with Crippen molar-refractivity contribution >= 4 is 34.4 Å². The Morgan fingerprint density at radius 3 is 2.83 bits per heavy atom. The predicted octanol–water partition coefficient (Wildman–Crippen LogP) is 3.07. The van der Waals surface area contributed by atoms with Crippen LogP contribution in [0.4, 0.5) is 0 Å². The molecular weight excluding hydrogens is 316 g/mol. The first-order valence-electron chi connectivity index (χ1n) is 7.52. The number of aliphatic carboxylic acids is 1. The number of hydrogen-bond acceptors (Lipinski definition) is 3. The number of nitrogens with zero attached hydrogens (tertiary/aromatic N) is 2. The second-order valence-corrected chi connectivity index (χ2v) is 6.49. The van der Waals surface area contributed by atoms with Crippen LogP contribution in [-0.4, -0.2) is 40.0 Å². The topological polar surface area (TPSA) is 70.5 Å². The zero-order chi connectivity index (χ0) is 16.6. The van der Waals surface area contributed by atoms with E-state index in [0.29, 0.717) is 29.1 Å². The summed E-state index contributed by atoms with van der Waals surface area (Å²) in [6, 6.07) is 6.93. The second kappa shape index (κ2) is 6.16. The van der Waals surface area contributed by atoms with Gasteiger partial charge < -0.3 is 10.0 Å². The van der Waals surface area contributed by atoms with Crippen molar-refractivity contribution in [2.75, 3.05) is 13.1 Å². The minimum atomic E-state index is -0.853. The molecule has 3 rings (SSSR count). The highest BCUT2D eigenvalue weighted by atomic mass is 35.5. The van der Waals surface area contributed by atoms with Gasteiger partial charge in [-0.3, -0.25) is 14.6 Å². The summed E-state index contributed by atoms with van der Waals surface area (Å²) in [5.74, 6) is -1.41. The van der Waals surface area contributed by atoms with Crippen LogP contribution in [0.25, 0.3) is 10.9 Å². The van der Waals surface area contributed by atoms with Crippen LogP contribution in [0.5, 0.6) is 0 Å². The van der Waals surface area contributed by atoms with Crippen LogP contribution in [-0.2, 0) is 4.79 Å². The summed E-state index contributed by atoms with van der Waals surface area (Å²) >= 11 is 6.16. The van der Waals surface area contributed by atoms with Gasteiger partial charge in [-0.15, -0.1) is 0 Å². The maximum atomic E-state index is 12.9.